The van der Waals surface area contributed by atoms with Crippen LogP contribution in [-0.4, -0.2) is 46.3 Å². The van der Waals surface area contributed by atoms with Crippen molar-refractivity contribution in [2.75, 3.05) is 25.0 Å². The zero-order valence-corrected chi connectivity index (χ0v) is 20.7. The SMILES string of the molecule is CCCCNC(=O)N(CC(=O)Nc1cc(C(C)(C)C)nn1-c1cccc(C)c1)CC(C)C. The molecule has 32 heavy (non-hydrogen) atoms. The Morgan fingerprint density at radius 3 is 2.50 bits per heavy atom. The van der Waals surface area contributed by atoms with Crippen molar-refractivity contribution in [2.24, 2.45) is 5.92 Å². The van der Waals surface area contributed by atoms with Gasteiger partial charge in [-0.25, -0.2) is 9.48 Å². The molecule has 2 N–H and O–H groups in total. The fourth-order valence-electron chi connectivity index (χ4n) is 3.29. The second kappa shape index (κ2) is 11.2. The molecule has 7 nitrogen and oxygen atoms in total. The number of hydrogen-bond donors (Lipinski definition) is 2. The predicted octanol–water partition coefficient (Wildman–Crippen LogP) is 4.88. The Balaban J connectivity index is 2.24. The first-order valence-corrected chi connectivity index (χ1v) is 11.5. The third-order valence-corrected chi connectivity index (χ3v) is 5.01. The Kier molecular flexibility index (Phi) is 8.87. The van der Waals surface area contributed by atoms with E-state index in [2.05, 4.69) is 38.3 Å². The first-order chi connectivity index (χ1) is 15.0. The number of aromatic nitrogens is 2. The largest absolute Gasteiger partial charge is 0.338 e. The van der Waals surface area contributed by atoms with Crippen LogP contribution in [0.1, 0.15) is 65.6 Å². The Bertz CT molecular complexity index is 911. The molecule has 1 aromatic heterocycles. The van der Waals surface area contributed by atoms with Crippen molar-refractivity contribution in [1.29, 1.82) is 0 Å². The van der Waals surface area contributed by atoms with E-state index in [1.54, 1.807) is 9.58 Å². The number of urea groups is 1. The van der Waals surface area contributed by atoms with E-state index in [-0.39, 0.29) is 29.8 Å². The molecule has 0 saturated heterocycles. The molecule has 176 valence electrons. The van der Waals surface area contributed by atoms with Crippen LogP contribution in [0.5, 0.6) is 0 Å². The van der Waals surface area contributed by atoms with Crippen LogP contribution in [0.15, 0.2) is 30.3 Å². The molecule has 3 amide bonds. The molecule has 7 heteroatoms. The van der Waals surface area contributed by atoms with E-state index in [1.165, 1.54) is 0 Å². The molecule has 2 aromatic rings. The summed E-state index contributed by atoms with van der Waals surface area (Å²) in [4.78, 5) is 27.2. The summed E-state index contributed by atoms with van der Waals surface area (Å²) in [5.41, 5.74) is 2.70. The van der Waals surface area contributed by atoms with Crippen LogP contribution in [0.3, 0.4) is 0 Å². The fraction of sp³-hybridized carbons (Fsp3) is 0.560. The highest BCUT2D eigenvalue weighted by atomic mass is 16.2. The van der Waals surface area contributed by atoms with Crippen LogP contribution in [0.25, 0.3) is 5.69 Å². The monoisotopic (exact) mass is 441 g/mol. The minimum Gasteiger partial charge on any atom is -0.338 e. The van der Waals surface area contributed by atoms with Crippen molar-refractivity contribution in [3.63, 3.8) is 0 Å². The zero-order chi connectivity index (χ0) is 23.9. The van der Waals surface area contributed by atoms with Gasteiger partial charge in [-0.15, -0.1) is 0 Å². The fourth-order valence-corrected chi connectivity index (χ4v) is 3.29. The second-order valence-corrected chi connectivity index (χ2v) is 9.82. The van der Waals surface area contributed by atoms with E-state index < -0.39 is 0 Å². The van der Waals surface area contributed by atoms with Gasteiger partial charge in [0.15, 0.2) is 0 Å². The first-order valence-electron chi connectivity index (χ1n) is 11.5. The van der Waals surface area contributed by atoms with Gasteiger partial charge >= 0.3 is 6.03 Å². The highest BCUT2D eigenvalue weighted by Gasteiger charge is 2.23. The standard InChI is InChI=1S/C25H39N5O2/c1-8-9-13-26-24(32)29(16-18(2)3)17-23(31)27-22-15-21(25(5,6)7)28-30(22)20-12-10-11-19(4)14-20/h10-12,14-15,18H,8-9,13,16-17H2,1-7H3,(H,26,32)(H,27,31). The summed E-state index contributed by atoms with van der Waals surface area (Å²) in [5.74, 6) is 0.608. The van der Waals surface area contributed by atoms with Gasteiger partial charge in [-0.3, -0.25) is 4.79 Å². The number of carbonyl (C=O) groups is 2. The number of benzene rings is 1. The molecule has 0 bridgehead atoms. The molecule has 0 unspecified atom stereocenters. The van der Waals surface area contributed by atoms with E-state index >= 15 is 0 Å². The molecule has 0 radical (unpaired) electrons. The van der Waals surface area contributed by atoms with Crippen molar-refractivity contribution < 1.29 is 9.59 Å². The molecule has 2 rings (SSSR count). The highest BCUT2D eigenvalue weighted by molar-refractivity contribution is 5.94. The normalized spacial score (nSPS) is 11.5. The molecule has 1 aromatic carbocycles. The zero-order valence-electron chi connectivity index (χ0n) is 20.7. The maximum atomic E-state index is 13.0. The lowest BCUT2D eigenvalue weighted by Gasteiger charge is -2.24. The van der Waals surface area contributed by atoms with Gasteiger partial charge in [0.1, 0.15) is 12.4 Å². The Hall–Kier alpha value is -2.83. The minimum absolute atomic E-state index is 0.0139. The van der Waals surface area contributed by atoms with Gasteiger partial charge in [-0.05, 0) is 37.0 Å². The van der Waals surface area contributed by atoms with E-state index in [1.807, 2.05) is 51.1 Å². The summed E-state index contributed by atoms with van der Waals surface area (Å²) in [6.45, 7) is 15.5. The molecule has 0 aliphatic carbocycles. The number of rotatable bonds is 9. The molecule has 0 aliphatic heterocycles. The van der Waals surface area contributed by atoms with Gasteiger partial charge in [-0.1, -0.05) is 60.1 Å². The van der Waals surface area contributed by atoms with Crippen LogP contribution in [0, 0.1) is 12.8 Å². The minimum atomic E-state index is -0.245. The molecular weight excluding hydrogens is 402 g/mol. The Morgan fingerprint density at radius 1 is 1.19 bits per heavy atom. The number of nitrogens with zero attached hydrogens (tertiary/aromatic N) is 3. The number of nitrogens with one attached hydrogen (secondary N) is 2. The molecule has 0 fully saturated rings. The average molecular weight is 442 g/mol. The molecule has 1 heterocycles. The second-order valence-electron chi connectivity index (χ2n) is 9.82. The van der Waals surface area contributed by atoms with Crippen molar-refractivity contribution in [3.8, 4) is 5.69 Å². The van der Waals surface area contributed by atoms with Gasteiger partial charge in [-0.2, -0.15) is 5.10 Å². The maximum Gasteiger partial charge on any atom is 0.317 e. The van der Waals surface area contributed by atoms with Crippen LogP contribution in [-0.2, 0) is 10.2 Å². The van der Waals surface area contributed by atoms with Crippen LogP contribution >= 0.6 is 0 Å². The van der Waals surface area contributed by atoms with Gasteiger partial charge in [0.25, 0.3) is 0 Å². The summed E-state index contributed by atoms with van der Waals surface area (Å²) in [6, 6.07) is 9.70. The maximum absolute atomic E-state index is 13.0. The van der Waals surface area contributed by atoms with E-state index in [0.29, 0.717) is 18.9 Å². The molecule has 0 atom stereocenters. The van der Waals surface area contributed by atoms with Crippen molar-refractivity contribution >= 4 is 17.8 Å². The lowest BCUT2D eigenvalue weighted by atomic mass is 9.92. The van der Waals surface area contributed by atoms with Gasteiger partial charge in [0.05, 0.1) is 11.4 Å². The Morgan fingerprint density at radius 2 is 1.91 bits per heavy atom. The van der Waals surface area contributed by atoms with E-state index in [9.17, 15) is 9.59 Å². The number of unbranched alkanes of at least 4 members (excludes halogenated alkanes) is 1. The number of carbonyl (C=O) groups excluding carboxylic acids is 2. The quantitative estimate of drug-likeness (QED) is 0.544. The van der Waals surface area contributed by atoms with Crippen LogP contribution in [0.2, 0.25) is 0 Å². The van der Waals surface area contributed by atoms with Gasteiger partial charge in [0.2, 0.25) is 5.91 Å². The predicted molar refractivity (Wildman–Crippen MR) is 130 cm³/mol. The van der Waals surface area contributed by atoms with Crippen molar-refractivity contribution in [2.45, 2.75) is 66.7 Å². The molecule has 0 aliphatic rings. The summed E-state index contributed by atoms with van der Waals surface area (Å²) in [6.07, 6.45) is 1.92. The van der Waals surface area contributed by atoms with Gasteiger partial charge < -0.3 is 15.5 Å². The third kappa shape index (κ3) is 7.39. The smallest absolute Gasteiger partial charge is 0.317 e. The number of amides is 3. The third-order valence-electron chi connectivity index (χ3n) is 5.01. The first kappa shape index (κ1) is 25.4. The average Bonchev–Trinajstić information content (AvgIpc) is 3.11. The van der Waals surface area contributed by atoms with Crippen molar-refractivity contribution in [1.82, 2.24) is 20.0 Å². The topological polar surface area (TPSA) is 79.3 Å². The summed E-state index contributed by atoms with van der Waals surface area (Å²) >= 11 is 0. The summed E-state index contributed by atoms with van der Waals surface area (Å²) in [5, 5.41) is 10.7. The number of anilines is 1. The number of hydrogen-bond acceptors (Lipinski definition) is 3. The van der Waals surface area contributed by atoms with Gasteiger partial charge in [0, 0.05) is 24.6 Å². The lowest BCUT2D eigenvalue weighted by Crippen LogP contribution is -2.46. The highest BCUT2D eigenvalue weighted by Crippen LogP contribution is 2.26. The number of aryl methyl sites for hydroxylation is 1. The van der Waals surface area contributed by atoms with E-state index in [4.69, 9.17) is 5.10 Å². The Labute approximate surface area is 192 Å². The van der Waals surface area contributed by atoms with E-state index in [0.717, 1.165) is 29.8 Å². The summed E-state index contributed by atoms with van der Waals surface area (Å²) in [7, 11) is 0. The lowest BCUT2D eigenvalue weighted by molar-refractivity contribution is -0.116. The van der Waals surface area contributed by atoms with Crippen molar-refractivity contribution in [3.05, 3.63) is 41.6 Å². The summed E-state index contributed by atoms with van der Waals surface area (Å²) < 4.78 is 1.76. The van der Waals surface area contributed by atoms with Crippen LogP contribution < -0.4 is 10.6 Å². The molecule has 0 saturated carbocycles. The molecular formula is C25H39N5O2. The molecule has 0 spiro atoms. The van der Waals surface area contributed by atoms with Crippen LogP contribution in [0.4, 0.5) is 10.6 Å².